The summed E-state index contributed by atoms with van der Waals surface area (Å²) < 4.78 is 0. The lowest BCUT2D eigenvalue weighted by Crippen LogP contribution is -2.32. The molecule has 6 N–H and O–H groups in total. The number of benzene rings is 4. The molecule has 41 heavy (non-hydrogen) atoms. The summed E-state index contributed by atoms with van der Waals surface area (Å²) in [5.74, 6) is 0.329. The second-order valence-electron chi connectivity index (χ2n) is 12.9. The number of nitrogens with zero attached hydrogens (tertiary/aromatic N) is 2. The Balaban J connectivity index is 1.48. The van der Waals surface area contributed by atoms with Crippen LogP contribution in [-0.2, 0) is 17.3 Å². The number of phenolic OH excluding ortho intramolecular Hbond substituents is 2. The fourth-order valence-corrected chi connectivity index (χ4v) is 5.32. The predicted molar refractivity (Wildman–Crippen MR) is 167 cm³/mol. The molecule has 0 atom stereocenters. The van der Waals surface area contributed by atoms with Gasteiger partial charge >= 0.3 is 0 Å². The van der Waals surface area contributed by atoms with Gasteiger partial charge in [0.15, 0.2) is 0 Å². The summed E-state index contributed by atoms with van der Waals surface area (Å²) in [5, 5.41) is 27.2. The maximum atomic E-state index is 11.7. The Bertz CT molecular complexity index is 1520. The predicted octanol–water partition coefficient (Wildman–Crippen LogP) is 7.25. The van der Waals surface area contributed by atoms with Crippen molar-refractivity contribution < 1.29 is 10.2 Å². The molecule has 4 aromatic rings. The fourth-order valence-electron chi connectivity index (χ4n) is 5.32. The molecule has 0 saturated heterocycles. The summed E-state index contributed by atoms with van der Waals surface area (Å²) in [7, 11) is 0. The molecule has 0 saturated carbocycles. The largest absolute Gasteiger partial charge is 0.505 e. The van der Waals surface area contributed by atoms with Crippen molar-refractivity contribution in [2.75, 3.05) is 20.9 Å². The number of para-hydroxylation sites is 4. The number of nitrogens with one attached hydrogen (secondary N) is 4. The molecule has 0 aromatic heterocycles. The lowest BCUT2D eigenvalue weighted by Gasteiger charge is -2.28. The number of hydrogen-bond acceptors (Lipinski definition) is 8. The standard InChI is InChI=1S/C33H38N6O2/c1-32(2,3)22-16-20(30(40)28(18-22)38-26-13-9-7-11-24(26)34-36-38)15-21-17-23(33(4,5)6)19-29(31(21)41)39-27-14-10-8-12-25(27)35-37-39/h7-14,16-19,34-37,40-41H,15H2,1-6H3. The third-order valence-electron chi connectivity index (χ3n) is 7.83. The topological polar surface area (TPSA) is 95.1 Å². The molecule has 0 radical (unpaired) electrons. The van der Waals surface area contributed by atoms with Gasteiger partial charge in [-0.1, -0.05) is 77.9 Å². The van der Waals surface area contributed by atoms with E-state index in [2.05, 4.69) is 75.6 Å². The minimum atomic E-state index is -0.167. The van der Waals surface area contributed by atoms with Crippen LogP contribution in [0, 0.1) is 0 Å². The lowest BCUT2D eigenvalue weighted by atomic mass is 9.83. The molecule has 0 unspecified atom stereocenters. The van der Waals surface area contributed by atoms with Gasteiger partial charge in [-0.25, -0.2) is 0 Å². The zero-order valence-corrected chi connectivity index (χ0v) is 24.4. The molecule has 0 fully saturated rings. The van der Waals surface area contributed by atoms with Crippen molar-refractivity contribution in [3.05, 3.63) is 95.1 Å². The first-order valence-electron chi connectivity index (χ1n) is 14.0. The molecule has 0 amide bonds. The summed E-state index contributed by atoms with van der Waals surface area (Å²) in [6.07, 6.45) is 0.345. The Labute approximate surface area is 241 Å². The van der Waals surface area contributed by atoms with Crippen molar-refractivity contribution in [2.45, 2.75) is 58.8 Å². The Kier molecular flexibility index (Phi) is 6.28. The highest BCUT2D eigenvalue weighted by molar-refractivity contribution is 5.84. The van der Waals surface area contributed by atoms with Crippen LogP contribution in [0.5, 0.6) is 11.5 Å². The van der Waals surface area contributed by atoms with Crippen LogP contribution >= 0.6 is 0 Å². The van der Waals surface area contributed by atoms with E-state index >= 15 is 0 Å². The van der Waals surface area contributed by atoms with Crippen LogP contribution < -0.4 is 31.9 Å². The van der Waals surface area contributed by atoms with Gasteiger partial charge in [-0.15, -0.1) is 11.1 Å². The molecule has 212 valence electrons. The van der Waals surface area contributed by atoms with Crippen LogP contribution in [0.4, 0.5) is 34.1 Å². The Morgan fingerprint density at radius 3 is 1.34 bits per heavy atom. The number of hydrazine groups is 4. The van der Waals surface area contributed by atoms with Crippen LogP contribution in [0.3, 0.4) is 0 Å². The Hall–Kier alpha value is -4.40. The first-order chi connectivity index (χ1) is 19.4. The van der Waals surface area contributed by atoms with Gasteiger partial charge in [-0.3, -0.25) is 10.0 Å². The molecule has 8 nitrogen and oxygen atoms in total. The lowest BCUT2D eigenvalue weighted by molar-refractivity contribution is 0.460. The molecule has 2 aliphatic rings. The van der Waals surface area contributed by atoms with E-state index in [4.69, 9.17) is 0 Å². The highest BCUT2D eigenvalue weighted by atomic mass is 16.3. The van der Waals surface area contributed by atoms with Crippen molar-refractivity contribution in [3.8, 4) is 11.5 Å². The number of fused-ring (bicyclic) bond motifs is 2. The van der Waals surface area contributed by atoms with Gasteiger partial charge in [0, 0.05) is 17.5 Å². The quantitative estimate of drug-likeness (QED) is 0.158. The minimum Gasteiger partial charge on any atom is -0.505 e. The van der Waals surface area contributed by atoms with Crippen molar-refractivity contribution in [2.24, 2.45) is 0 Å². The van der Waals surface area contributed by atoms with Crippen LogP contribution in [0.1, 0.15) is 63.8 Å². The summed E-state index contributed by atoms with van der Waals surface area (Å²) in [6.45, 7) is 13.0. The monoisotopic (exact) mass is 550 g/mol. The van der Waals surface area contributed by atoms with Gasteiger partial charge in [0.05, 0.1) is 22.7 Å². The molecule has 0 spiro atoms. The third-order valence-corrected chi connectivity index (χ3v) is 7.83. The number of rotatable bonds is 4. The molecule has 2 aliphatic heterocycles. The summed E-state index contributed by atoms with van der Waals surface area (Å²) in [5.41, 5.74) is 21.1. The zero-order chi connectivity index (χ0) is 29.1. The summed E-state index contributed by atoms with van der Waals surface area (Å²) >= 11 is 0. The summed E-state index contributed by atoms with van der Waals surface area (Å²) in [4.78, 5) is 0. The van der Waals surface area contributed by atoms with E-state index in [1.165, 1.54) is 0 Å². The molecule has 4 aromatic carbocycles. The van der Waals surface area contributed by atoms with Crippen LogP contribution in [0.25, 0.3) is 0 Å². The maximum absolute atomic E-state index is 11.7. The fraction of sp³-hybridized carbons (Fsp3) is 0.273. The van der Waals surface area contributed by atoms with Gasteiger partial charge in [-0.2, -0.15) is 0 Å². The van der Waals surface area contributed by atoms with Gasteiger partial charge in [0.25, 0.3) is 0 Å². The van der Waals surface area contributed by atoms with Crippen molar-refractivity contribution >= 4 is 34.1 Å². The highest BCUT2D eigenvalue weighted by Gasteiger charge is 2.29. The Morgan fingerprint density at radius 2 is 0.951 bits per heavy atom. The van der Waals surface area contributed by atoms with Gasteiger partial charge in [0.2, 0.25) is 0 Å². The van der Waals surface area contributed by atoms with Crippen LogP contribution in [0.15, 0.2) is 72.8 Å². The number of hydrogen-bond donors (Lipinski definition) is 6. The average molecular weight is 551 g/mol. The van der Waals surface area contributed by atoms with Crippen LogP contribution in [-0.4, -0.2) is 10.2 Å². The first-order valence-corrected chi connectivity index (χ1v) is 14.0. The van der Waals surface area contributed by atoms with E-state index in [0.717, 1.165) is 45.0 Å². The SMILES string of the molecule is CC(C)(C)c1cc(Cc2cc(C(C)(C)C)cc(N3NNc4ccccc43)c2O)c(O)c(N2NNc3ccccc32)c1. The second-order valence-corrected chi connectivity index (χ2v) is 12.9. The first kappa shape index (κ1) is 26.8. The molecule has 2 heterocycles. The van der Waals surface area contributed by atoms with Crippen molar-refractivity contribution in [3.63, 3.8) is 0 Å². The number of aromatic hydroxyl groups is 2. The van der Waals surface area contributed by atoms with Gasteiger partial charge in [0.1, 0.15) is 22.9 Å². The molecule has 8 heteroatoms. The minimum absolute atomic E-state index is 0.164. The third kappa shape index (κ3) is 4.79. The van der Waals surface area contributed by atoms with E-state index in [0.29, 0.717) is 17.8 Å². The number of anilines is 6. The van der Waals surface area contributed by atoms with E-state index in [9.17, 15) is 10.2 Å². The maximum Gasteiger partial charge on any atom is 0.144 e. The van der Waals surface area contributed by atoms with Crippen LogP contribution in [0.2, 0.25) is 0 Å². The molecule has 6 rings (SSSR count). The van der Waals surface area contributed by atoms with Gasteiger partial charge in [-0.05, 0) is 58.4 Å². The van der Waals surface area contributed by atoms with Gasteiger partial charge < -0.3 is 21.1 Å². The van der Waals surface area contributed by atoms with E-state index in [-0.39, 0.29) is 22.3 Å². The average Bonchev–Trinajstić information content (AvgIpc) is 3.54. The summed E-state index contributed by atoms with van der Waals surface area (Å²) in [6, 6.07) is 24.1. The number of phenols is 2. The smallest absolute Gasteiger partial charge is 0.144 e. The van der Waals surface area contributed by atoms with Crippen molar-refractivity contribution in [1.29, 1.82) is 0 Å². The molecule has 0 bridgehead atoms. The van der Waals surface area contributed by atoms with E-state index < -0.39 is 0 Å². The van der Waals surface area contributed by atoms with E-state index in [1.54, 1.807) is 0 Å². The highest BCUT2D eigenvalue weighted by Crippen LogP contribution is 2.46. The Morgan fingerprint density at radius 1 is 0.561 bits per heavy atom. The zero-order valence-electron chi connectivity index (χ0n) is 24.4. The van der Waals surface area contributed by atoms with E-state index in [1.807, 2.05) is 70.7 Å². The molecular weight excluding hydrogens is 512 g/mol. The normalized spacial score (nSPS) is 14.5. The molecular formula is C33H38N6O2. The second kappa shape index (κ2) is 9.61. The molecule has 0 aliphatic carbocycles. The van der Waals surface area contributed by atoms with Crippen molar-refractivity contribution in [1.82, 2.24) is 11.1 Å².